The van der Waals surface area contributed by atoms with E-state index < -0.39 is 23.3 Å². The Morgan fingerprint density at radius 3 is 2.55 bits per heavy atom. The van der Waals surface area contributed by atoms with Crippen molar-refractivity contribution >= 4 is 23.0 Å². The molecular formula is C24H34F2N4O3. The first kappa shape index (κ1) is 24.9. The molecule has 0 radical (unpaired) electrons. The number of fused-ring (bicyclic) bond motifs is 1. The van der Waals surface area contributed by atoms with Crippen molar-refractivity contribution < 1.29 is 23.1 Å². The Balaban J connectivity index is 1.76. The smallest absolute Gasteiger partial charge is 0.410 e. The first-order chi connectivity index (χ1) is 15.4. The maximum Gasteiger partial charge on any atom is 0.410 e. The second kappa shape index (κ2) is 9.65. The fourth-order valence-electron chi connectivity index (χ4n) is 4.37. The summed E-state index contributed by atoms with van der Waals surface area (Å²) in [6.45, 7) is 10.9. The summed E-state index contributed by atoms with van der Waals surface area (Å²) in [6.07, 6.45) is 2.82. The number of amides is 2. The third-order valence-electron chi connectivity index (χ3n) is 5.87. The van der Waals surface area contributed by atoms with Crippen LogP contribution in [0.1, 0.15) is 53.5 Å². The van der Waals surface area contributed by atoms with Crippen molar-refractivity contribution in [2.45, 2.75) is 59.1 Å². The standard InChI is InChI=1S/C24H34F2N4O3/c1-15(2)21(30-14-27-19-10-17(25)18(26)11-20(19)30)22(31)29-9-7-8-16(13-29)12-28(6)23(32)33-24(3,4)5/h10-11,14-16,21H,7-9,12-13H2,1-6H3. The molecule has 0 saturated carbocycles. The quantitative estimate of drug-likeness (QED) is 0.648. The van der Waals surface area contributed by atoms with Crippen LogP contribution in [0.25, 0.3) is 11.0 Å². The molecule has 2 atom stereocenters. The van der Waals surface area contributed by atoms with Crippen molar-refractivity contribution in [3.63, 3.8) is 0 Å². The molecule has 1 aromatic carbocycles. The maximum atomic E-state index is 13.9. The second-order valence-corrected chi connectivity index (χ2v) is 10.2. The van der Waals surface area contributed by atoms with Crippen molar-refractivity contribution in [2.24, 2.45) is 11.8 Å². The fraction of sp³-hybridized carbons (Fsp3) is 0.625. The molecule has 2 aromatic rings. The van der Waals surface area contributed by atoms with Crippen molar-refractivity contribution in [2.75, 3.05) is 26.7 Å². The number of rotatable bonds is 5. The highest BCUT2D eigenvalue weighted by molar-refractivity contribution is 5.84. The molecule has 182 valence electrons. The summed E-state index contributed by atoms with van der Waals surface area (Å²) in [7, 11) is 1.71. The normalized spacial score (nSPS) is 18.0. The number of aromatic nitrogens is 2. The monoisotopic (exact) mass is 464 g/mol. The fourth-order valence-corrected chi connectivity index (χ4v) is 4.37. The molecule has 1 aliphatic rings. The van der Waals surface area contributed by atoms with Crippen LogP contribution in [-0.4, -0.2) is 63.6 Å². The molecule has 2 amide bonds. The molecule has 1 saturated heterocycles. The lowest BCUT2D eigenvalue weighted by molar-refractivity contribution is -0.138. The number of benzene rings is 1. The molecule has 2 heterocycles. The van der Waals surface area contributed by atoms with Crippen LogP contribution < -0.4 is 0 Å². The zero-order chi connectivity index (χ0) is 24.5. The Labute approximate surface area is 193 Å². The van der Waals surface area contributed by atoms with Crippen molar-refractivity contribution in [3.8, 4) is 0 Å². The molecule has 2 unspecified atom stereocenters. The van der Waals surface area contributed by atoms with Crippen LogP contribution in [0, 0.1) is 23.5 Å². The van der Waals surface area contributed by atoms with Crippen molar-refractivity contribution in [3.05, 3.63) is 30.1 Å². The SMILES string of the molecule is CC(C)C(C(=O)N1CCCC(CN(C)C(=O)OC(C)(C)C)C1)n1cnc2cc(F)c(F)cc21. The number of halogens is 2. The highest BCUT2D eigenvalue weighted by Gasteiger charge is 2.34. The lowest BCUT2D eigenvalue weighted by Gasteiger charge is -2.37. The molecule has 0 N–H and O–H groups in total. The first-order valence-electron chi connectivity index (χ1n) is 11.4. The Hall–Kier alpha value is -2.71. The van der Waals surface area contributed by atoms with Gasteiger partial charge in [0, 0.05) is 38.8 Å². The molecule has 0 bridgehead atoms. The van der Waals surface area contributed by atoms with E-state index in [1.54, 1.807) is 16.5 Å². The minimum Gasteiger partial charge on any atom is -0.444 e. The Kier molecular flexibility index (Phi) is 7.29. The number of carbonyl (C=O) groups excluding carboxylic acids is 2. The average Bonchev–Trinajstić information content (AvgIpc) is 3.09. The number of nitrogens with zero attached hydrogens (tertiary/aromatic N) is 4. The molecule has 0 aliphatic carbocycles. The number of hydrogen-bond donors (Lipinski definition) is 0. The Morgan fingerprint density at radius 2 is 1.91 bits per heavy atom. The molecule has 33 heavy (non-hydrogen) atoms. The molecule has 3 rings (SSSR count). The lowest BCUT2D eigenvalue weighted by atomic mass is 9.95. The Morgan fingerprint density at radius 1 is 1.24 bits per heavy atom. The van der Waals surface area contributed by atoms with E-state index in [9.17, 15) is 18.4 Å². The van der Waals surface area contributed by atoms with Gasteiger partial charge < -0.3 is 19.1 Å². The van der Waals surface area contributed by atoms with Gasteiger partial charge in [0.2, 0.25) is 5.91 Å². The summed E-state index contributed by atoms with van der Waals surface area (Å²) in [5.41, 5.74) is 0.127. The van der Waals surface area contributed by atoms with Crippen LogP contribution in [0.5, 0.6) is 0 Å². The van der Waals surface area contributed by atoms with Gasteiger partial charge in [-0.2, -0.15) is 0 Å². The number of piperidine rings is 1. The summed E-state index contributed by atoms with van der Waals surface area (Å²) < 4.78 is 34.6. The zero-order valence-corrected chi connectivity index (χ0v) is 20.3. The van der Waals surface area contributed by atoms with Gasteiger partial charge in [-0.15, -0.1) is 0 Å². The van der Waals surface area contributed by atoms with Gasteiger partial charge in [0.1, 0.15) is 11.6 Å². The van der Waals surface area contributed by atoms with Gasteiger partial charge in [-0.05, 0) is 45.4 Å². The van der Waals surface area contributed by atoms with Gasteiger partial charge >= 0.3 is 6.09 Å². The van der Waals surface area contributed by atoms with E-state index in [-0.39, 0.29) is 23.8 Å². The van der Waals surface area contributed by atoms with E-state index >= 15 is 0 Å². The van der Waals surface area contributed by atoms with Crippen molar-refractivity contribution in [1.82, 2.24) is 19.4 Å². The maximum absolute atomic E-state index is 13.9. The van der Waals surface area contributed by atoms with E-state index in [2.05, 4.69) is 4.98 Å². The summed E-state index contributed by atoms with van der Waals surface area (Å²) in [5, 5.41) is 0. The van der Waals surface area contributed by atoms with Crippen LogP contribution in [0.3, 0.4) is 0 Å². The minimum atomic E-state index is -0.970. The number of hydrogen-bond acceptors (Lipinski definition) is 4. The van der Waals surface area contributed by atoms with Crippen LogP contribution in [0.4, 0.5) is 13.6 Å². The van der Waals surface area contributed by atoms with Crippen molar-refractivity contribution in [1.29, 1.82) is 0 Å². The topological polar surface area (TPSA) is 67.7 Å². The van der Waals surface area contributed by atoms with Crippen LogP contribution in [0.15, 0.2) is 18.5 Å². The average molecular weight is 465 g/mol. The number of ether oxygens (including phenoxy) is 1. The van der Waals surface area contributed by atoms with Gasteiger partial charge in [0.05, 0.1) is 17.4 Å². The van der Waals surface area contributed by atoms with E-state index in [4.69, 9.17) is 4.74 Å². The third kappa shape index (κ3) is 5.81. The summed E-state index contributed by atoms with van der Waals surface area (Å²) in [6, 6.07) is 1.55. The van der Waals surface area contributed by atoms with Gasteiger partial charge in [-0.1, -0.05) is 13.8 Å². The molecule has 1 fully saturated rings. The van der Waals surface area contributed by atoms with E-state index in [0.29, 0.717) is 30.7 Å². The summed E-state index contributed by atoms with van der Waals surface area (Å²) in [5.74, 6) is -1.99. The molecule has 9 heteroatoms. The van der Waals surface area contributed by atoms with Crippen LogP contribution in [0.2, 0.25) is 0 Å². The zero-order valence-electron chi connectivity index (χ0n) is 20.3. The molecule has 7 nitrogen and oxygen atoms in total. The van der Waals surface area contributed by atoms with E-state index in [1.165, 1.54) is 6.33 Å². The largest absolute Gasteiger partial charge is 0.444 e. The van der Waals surface area contributed by atoms with Crippen LogP contribution >= 0.6 is 0 Å². The minimum absolute atomic E-state index is 0.0846. The Bertz CT molecular complexity index is 1020. The third-order valence-corrected chi connectivity index (χ3v) is 5.87. The van der Waals surface area contributed by atoms with Crippen LogP contribution in [-0.2, 0) is 9.53 Å². The summed E-state index contributed by atoms with van der Waals surface area (Å²) in [4.78, 5) is 33.5. The summed E-state index contributed by atoms with van der Waals surface area (Å²) >= 11 is 0. The molecule has 1 aliphatic heterocycles. The second-order valence-electron chi connectivity index (χ2n) is 10.2. The number of carbonyl (C=O) groups is 2. The highest BCUT2D eigenvalue weighted by atomic mass is 19.2. The van der Waals surface area contributed by atoms with Gasteiger partial charge in [-0.3, -0.25) is 4.79 Å². The van der Waals surface area contributed by atoms with Gasteiger partial charge in [0.15, 0.2) is 11.6 Å². The molecular weight excluding hydrogens is 430 g/mol. The molecule has 0 spiro atoms. The number of imidazole rings is 1. The lowest BCUT2D eigenvalue weighted by Crippen LogP contribution is -2.47. The van der Waals surface area contributed by atoms with E-state index in [1.807, 2.05) is 39.5 Å². The number of likely N-dealkylation sites (tertiary alicyclic amines) is 1. The predicted molar refractivity (Wildman–Crippen MR) is 122 cm³/mol. The predicted octanol–water partition coefficient (Wildman–Crippen LogP) is 4.62. The van der Waals surface area contributed by atoms with E-state index in [0.717, 1.165) is 25.0 Å². The molecule has 1 aromatic heterocycles. The van der Waals surface area contributed by atoms with Gasteiger partial charge in [-0.25, -0.2) is 18.6 Å². The first-order valence-corrected chi connectivity index (χ1v) is 11.4. The highest BCUT2D eigenvalue weighted by Crippen LogP contribution is 2.29. The van der Waals surface area contributed by atoms with Gasteiger partial charge in [0.25, 0.3) is 0 Å².